The summed E-state index contributed by atoms with van der Waals surface area (Å²) in [5.74, 6) is -0.0996. The normalized spacial score (nSPS) is 15.6. The third-order valence-corrected chi connectivity index (χ3v) is 5.70. The maximum atomic E-state index is 12.4. The molecule has 1 fully saturated rings. The molecule has 1 aliphatic rings. The minimum Gasteiger partial charge on any atom is -0.340 e. The standard InChI is InChI=1S/C13H15N5O3S/c1-17-9-15-16-13(17)22(20,21)11-7-18(8-11)12(19)5-10-3-2-4-14-6-10/h2-4,6,9,11H,5,7-8H2,1H3. The van der Waals surface area contributed by atoms with Gasteiger partial charge in [-0.15, -0.1) is 10.2 Å². The molecule has 0 aliphatic carbocycles. The highest BCUT2D eigenvalue weighted by Gasteiger charge is 2.42. The van der Waals surface area contributed by atoms with E-state index in [1.807, 2.05) is 6.07 Å². The van der Waals surface area contributed by atoms with Gasteiger partial charge in [-0.1, -0.05) is 6.07 Å². The molecule has 1 amide bonds. The number of rotatable bonds is 4. The highest BCUT2D eigenvalue weighted by molar-refractivity contribution is 7.92. The van der Waals surface area contributed by atoms with Crippen LogP contribution in [0.2, 0.25) is 0 Å². The van der Waals surface area contributed by atoms with E-state index >= 15 is 0 Å². The molecule has 0 bridgehead atoms. The number of carbonyl (C=O) groups excluding carboxylic acids is 1. The second-order valence-electron chi connectivity index (χ2n) is 5.23. The van der Waals surface area contributed by atoms with E-state index in [-0.39, 0.29) is 30.6 Å². The molecule has 2 aromatic rings. The number of aromatic nitrogens is 4. The predicted molar refractivity (Wildman–Crippen MR) is 76.5 cm³/mol. The lowest BCUT2D eigenvalue weighted by Crippen LogP contribution is -2.57. The SMILES string of the molecule is Cn1cnnc1S(=O)(=O)C1CN(C(=O)Cc2cccnc2)C1. The molecule has 3 heterocycles. The van der Waals surface area contributed by atoms with Crippen LogP contribution in [0.1, 0.15) is 5.56 Å². The summed E-state index contributed by atoms with van der Waals surface area (Å²) < 4.78 is 26.1. The Morgan fingerprint density at radius 3 is 2.77 bits per heavy atom. The van der Waals surface area contributed by atoms with Crippen molar-refractivity contribution in [2.75, 3.05) is 13.1 Å². The summed E-state index contributed by atoms with van der Waals surface area (Å²) >= 11 is 0. The first-order valence-corrected chi connectivity index (χ1v) is 8.27. The van der Waals surface area contributed by atoms with E-state index in [9.17, 15) is 13.2 Å². The van der Waals surface area contributed by atoms with E-state index in [1.165, 1.54) is 15.8 Å². The molecule has 0 radical (unpaired) electrons. The van der Waals surface area contributed by atoms with Crippen LogP contribution in [0.15, 0.2) is 36.0 Å². The van der Waals surface area contributed by atoms with E-state index in [0.29, 0.717) is 0 Å². The molecule has 0 aromatic carbocycles. The largest absolute Gasteiger partial charge is 0.340 e. The molecule has 116 valence electrons. The summed E-state index contributed by atoms with van der Waals surface area (Å²) in [4.78, 5) is 17.6. The van der Waals surface area contributed by atoms with Gasteiger partial charge in [-0.3, -0.25) is 9.78 Å². The molecular formula is C13H15N5O3S. The first-order chi connectivity index (χ1) is 10.5. The molecule has 0 atom stereocenters. The summed E-state index contributed by atoms with van der Waals surface area (Å²) in [6.45, 7) is 0.378. The summed E-state index contributed by atoms with van der Waals surface area (Å²) in [6.07, 6.45) is 4.84. The molecule has 22 heavy (non-hydrogen) atoms. The molecule has 3 rings (SSSR count). The zero-order chi connectivity index (χ0) is 15.7. The second-order valence-corrected chi connectivity index (χ2v) is 7.35. The number of sulfone groups is 1. The average Bonchev–Trinajstić information content (AvgIpc) is 2.85. The van der Waals surface area contributed by atoms with Crippen molar-refractivity contribution in [1.82, 2.24) is 24.6 Å². The number of likely N-dealkylation sites (tertiary alicyclic amines) is 1. The number of aryl methyl sites for hydroxylation is 1. The van der Waals surface area contributed by atoms with Crippen molar-refractivity contribution in [3.8, 4) is 0 Å². The Hall–Kier alpha value is -2.29. The third-order valence-electron chi connectivity index (χ3n) is 3.64. The van der Waals surface area contributed by atoms with Crippen LogP contribution in [-0.2, 0) is 28.1 Å². The van der Waals surface area contributed by atoms with Crippen LogP contribution >= 0.6 is 0 Å². The fourth-order valence-electron chi connectivity index (χ4n) is 2.31. The Balaban J connectivity index is 1.62. The van der Waals surface area contributed by atoms with E-state index < -0.39 is 15.1 Å². The topological polar surface area (TPSA) is 98.0 Å². The van der Waals surface area contributed by atoms with Crippen LogP contribution < -0.4 is 0 Å². The Morgan fingerprint density at radius 1 is 1.41 bits per heavy atom. The number of carbonyl (C=O) groups is 1. The van der Waals surface area contributed by atoms with E-state index in [0.717, 1.165) is 5.56 Å². The van der Waals surface area contributed by atoms with Crippen LogP contribution in [0.5, 0.6) is 0 Å². The number of hydrogen-bond donors (Lipinski definition) is 0. The Kier molecular flexibility index (Phi) is 3.65. The van der Waals surface area contributed by atoms with E-state index in [2.05, 4.69) is 15.2 Å². The molecular weight excluding hydrogens is 306 g/mol. The van der Waals surface area contributed by atoms with Gasteiger partial charge in [0.05, 0.1) is 6.42 Å². The van der Waals surface area contributed by atoms with Gasteiger partial charge < -0.3 is 9.47 Å². The quantitative estimate of drug-likeness (QED) is 0.748. The molecule has 0 spiro atoms. The van der Waals surface area contributed by atoms with Gasteiger partial charge in [0.15, 0.2) is 0 Å². The Morgan fingerprint density at radius 2 is 2.18 bits per heavy atom. The van der Waals surface area contributed by atoms with Crippen LogP contribution in [0.3, 0.4) is 0 Å². The number of hydrogen-bond acceptors (Lipinski definition) is 6. The fraction of sp³-hybridized carbons (Fsp3) is 0.385. The zero-order valence-corrected chi connectivity index (χ0v) is 12.8. The monoisotopic (exact) mass is 321 g/mol. The molecule has 0 N–H and O–H groups in total. The van der Waals surface area contributed by atoms with Crippen molar-refractivity contribution in [3.63, 3.8) is 0 Å². The van der Waals surface area contributed by atoms with E-state index in [1.54, 1.807) is 25.5 Å². The second kappa shape index (κ2) is 5.48. The Labute approximate surface area is 127 Å². The zero-order valence-electron chi connectivity index (χ0n) is 12.0. The van der Waals surface area contributed by atoms with Crippen LogP contribution in [0, 0.1) is 0 Å². The predicted octanol–water partition coefficient (Wildman–Crippen LogP) is -0.563. The minimum atomic E-state index is -3.55. The van der Waals surface area contributed by atoms with Gasteiger partial charge in [-0.2, -0.15) is 0 Å². The van der Waals surface area contributed by atoms with Gasteiger partial charge in [0.2, 0.25) is 20.9 Å². The smallest absolute Gasteiger partial charge is 0.249 e. The fourth-order valence-corrected chi connectivity index (χ4v) is 3.97. The van der Waals surface area contributed by atoms with Crippen molar-refractivity contribution in [3.05, 3.63) is 36.4 Å². The first kappa shape index (κ1) is 14.6. The van der Waals surface area contributed by atoms with Gasteiger partial charge in [-0.05, 0) is 11.6 Å². The van der Waals surface area contributed by atoms with Crippen LogP contribution in [0.25, 0.3) is 0 Å². The lowest BCUT2D eigenvalue weighted by Gasteiger charge is -2.38. The summed E-state index contributed by atoms with van der Waals surface area (Å²) in [5, 5.41) is 6.55. The summed E-state index contributed by atoms with van der Waals surface area (Å²) in [7, 11) is -1.97. The molecule has 1 aliphatic heterocycles. The summed E-state index contributed by atoms with van der Waals surface area (Å²) in [6, 6.07) is 3.58. The van der Waals surface area contributed by atoms with Gasteiger partial charge in [0.25, 0.3) is 0 Å². The first-order valence-electron chi connectivity index (χ1n) is 6.73. The molecule has 8 nitrogen and oxygen atoms in total. The van der Waals surface area contributed by atoms with Crippen LogP contribution in [-0.4, -0.2) is 57.3 Å². The third kappa shape index (κ3) is 2.59. The lowest BCUT2D eigenvalue weighted by atomic mass is 10.1. The molecule has 1 saturated heterocycles. The van der Waals surface area contributed by atoms with Gasteiger partial charge in [0, 0.05) is 32.5 Å². The average molecular weight is 321 g/mol. The van der Waals surface area contributed by atoms with Crippen LogP contribution in [0.4, 0.5) is 0 Å². The highest BCUT2D eigenvalue weighted by atomic mass is 32.2. The van der Waals surface area contributed by atoms with Crippen molar-refractivity contribution < 1.29 is 13.2 Å². The maximum absolute atomic E-state index is 12.4. The number of amides is 1. The number of pyridine rings is 1. The molecule has 0 unspecified atom stereocenters. The molecule has 2 aromatic heterocycles. The van der Waals surface area contributed by atoms with E-state index in [4.69, 9.17) is 0 Å². The van der Waals surface area contributed by atoms with Crippen molar-refractivity contribution in [1.29, 1.82) is 0 Å². The van der Waals surface area contributed by atoms with Gasteiger partial charge in [-0.25, -0.2) is 8.42 Å². The number of nitrogens with zero attached hydrogens (tertiary/aromatic N) is 5. The summed E-state index contributed by atoms with van der Waals surface area (Å²) in [5.41, 5.74) is 0.812. The Bertz CT molecular complexity index is 781. The lowest BCUT2D eigenvalue weighted by molar-refractivity contribution is -0.133. The molecule has 0 saturated carbocycles. The maximum Gasteiger partial charge on any atom is 0.249 e. The van der Waals surface area contributed by atoms with Gasteiger partial charge >= 0.3 is 0 Å². The van der Waals surface area contributed by atoms with Crippen molar-refractivity contribution in [2.24, 2.45) is 7.05 Å². The van der Waals surface area contributed by atoms with Crippen molar-refractivity contribution in [2.45, 2.75) is 16.8 Å². The van der Waals surface area contributed by atoms with Crippen molar-refractivity contribution >= 4 is 15.7 Å². The van der Waals surface area contributed by atoms with Gasteiger partial charge in [0.1, 0.15) is 11.6 Å². The highest BCUT2D eigenvalue weighted by Crippen LogP contribution is 2.22. The minimum absolute atomic E-state index is 0.0585. The molecule has 9 heteroatoms.